The Labute approximate surface area is 187 Å². The van der Waals surface area contributed by atoms with Crippen molar-refractivity contribution in [3.8, 4) is 5.69 Å². The molecular weight excluding hydrogens is 451 g/mol. The Morgan fingerprint density at radius 3 is 2.52 bits per heavy atom. The van der Waals surface area contributed by atoms with Crippen molar-refractivity contribution in [3.05, 3.63) is 98.3 Å². The van der Waals surface area contributed by atoms with Crippen molar-refractivity contribution < 1.29 is 17.7 Å². The number of hydrogen-bond acceptors (Lipinski definition) is 6. The second kappa shape index (κ2) is 8.10. The minimum Gasteiger partial charge on any atom is -0.277 e. The molecule has 0 atom stereocenters. The van der Waals surface area contributed by atoms with E-state index in [-0.39, 0.29) is 16.1 Å². The van der Waals surface area contributed by atoms with Crippen molar-refractivity contribution in [2.24, 2.45) is 0 Å². The summed E-state index contributed by atoms with van der Waals surface area (Å²) < 4.78 is 43.8. The van der Waals surface area contributed by atoms with Crippen molar-refractivity contribution in [3.63, 3.8) is 0 Å². The minimum absolute atomic E-state index is 0.200. The van der Waals surface area contributed by atoms with Crippen LogP contribution >= 0.6 is 0 Å². The molecule has 0 aliphatic carbocycles. The number of non-ortho nitro benzene ring substituents is 1. The second-order valence-corrected chi connectivity index (χ2v) is 8.94. The lowest BCUT2D eigenvalue weighted by Crippen LogP contribution is -2.22. The van der Waals surface area contributed by atoms with Crippen molar-refractivity contribution in [1.29, 1.82) is 0 Å². The van der Waals surface area contributed by atoms with E-state index < -0.39 is 37.7 Å². The van der Waals surface area contributed by atoms with Crippen LogP contribution in [0, 0.1) is 29.8 Å². The fraction of sp³-hybridized carbons (Fsp3) is 0.0909. The van der Waals surface area contributed by atoms with E-state index in [0.717, 1.165) is 12.1 Å². The Hall–Kier alpha value is -4.12. The summed E-state index contributed by atoms with van der Waals surface area (Å²) in [6.45, 7) is 3.07. The molecule has 1 heterocycles. The monoisotopic (exact) mass is 468 g/mol. The summed E-state index contributed by atoms with van der Waals surface area (Å²) in [4.78, 5) is 27.4. The molecule has 168 valence electrons. The highest BCUT2D eigenvalue weighted by atomic mass is 32.2. The van der Waals surface area contributed by atoms with Gasteiger partial charge < -0.3 is 0 Å². The highest BCUT2D eigenvalue weighted by molar-refractivity contribution is 7.92. The molecule has 4 aromatic rings. The Balaban J connectivity index is 1.82. The number of sulfonamides is 1. The zero-order valence-electron chi connectivity index (χ0n) is 17.4. The first-order valence-corrected chi connectivity index (χ1v) is 11.1. The Bertz CT molecular complexity index is 1600. The molecule has 1 aromatic heterocycles. The normalized spacial score (nSPS) is 11.5. The molecule has 0 saturated carbocycles. The van der Waals surface area contributed by atoms with Crippen LogP contribution in [0.2, 0.25) is 0 Å². The van der Waals surface area contributed by atoms with Gasteiger partial charge in [0.25, 0.3) is 21.3 Å². The third kappa shape index (κ3) is 4.05. The van der Waals surface area contributed by atoms with Gasteiger partial charge in [-0.2, -0.15) is 0 Å². The number of fused-ring (bicyclic) bond motifs is 1. The second-order valence-electron chi connectivity index (χ2n) is 7.29. The quantitative estimate of drug-likeness (QED) is 0.350. The van der Waals surface area contributed by atoms with Crippen LogP contribution in [0.4, 0.5) is 15.8 Å². The van der Waals surface area contributed by atoms with E-state index in [9.17, 15) is 27.7 Å². The lowest BCUT2D eigenvalue weighted by Gasteiger charge is -2.14. The number of nitro benzene ring substituents is 1. The van der Waals surface area contributed by atoms with Crippen LogP contribution in [0.15, 0.2) is 70.4 Å². The van der Waals surface area contributed by atoms with Gasteiger partial charge in [-0.15, -0.1) is 0 Å². The summed E-state index contributed by atoms with van der Waals surface area (Å²) in [5.74, 6) is -0.557. The summed E-state index contributed by atoms with van der Waals surface area (Å²) in [6, 6.07) is 13.6. The first-order chi connectivity index (χ1) is 15.6. The van der Waals surface area contributed by atoms with Crippen molar-refractivity contribution >= 4 is 32.3 Å². The number of aryl methyl sites for hydroxylation is 2. The summed E-state index contributed by atoms with van der Waals surface area (Å²) >= 11 is 0. The molecule has 0 fully saturated rings. The minimum atomic E-state index is -4.37. The van der Waals surface area contributed by atoms with Crippen LogP contribution in [-0.4, -0.2) is 22.9 Å². The number of nitrogens with one attached hydrogen (secondary N) is 1. The summed E-state index contributed by atoms with van der Waals surface area (Å²) in [5, 5.41) is 11.4. The zero-order chi connectivity index (χ0) is 23.9. The van der Waals surface area contributed by atoms with E-state index in [4.69, 9.17) is 0 Å². The first kappa shape index (κ1) is 22.1. The molecule has 33 heavy (non-hydrogen) atoms. The lowest BCUT2D eigenvalue weighted by atomic mass is 10.2. The van der Waals surface area contributed by atoms with Crippen molar-refractivity contribution in [2.75, 3.05) is 4.72 Å². The molecule has 0 saturated heterocycles. The van der Waals surface area contributed by atoms with Crippen LogP contribution in [0.5, 0.6) is 0 Å². The van der Waals surface area contributed by atoms with Gasteiger partial charge in [-0.3, -0.25) is 24.2 Å². The molecule has 11 heteroatoms. The SMILES string of the molecule is Cc1ccc([N+](=O)[O-])cc1S(=O)(=O)Nc1cc(-n2c(C)nc3ccccc3c2=O)ccc1F. The number of benzene rings is 3. The summed E-state index contributed by atoms with van der Waals surface area (Å²) in [7, 11) is -4.37. The van der Waals surface area contributed by atoms with Gasteiger partial charge in [0.1, 0.15) is 11.6 Å². The van der Waals surface area contributed by atoms with E-state index in [0.29, 0.717) is 16.7 Å². The average molecular weight is 468 g/mol. The molecule has 0 spiro atoms. The standard InChI is InChI=1S/C22H17FN4O5S/c1-13-7-8-16(27(29)30)12-21(13)33(31,32)25-20-11-15(9-10-18(20)23)26-14(2)24-19-6-4-3-5-17(19)22(26)28/h3-12,25H,1-2H3. The van der Waals surface area contributed by atoms with E-state index in [2.05, 4.69) is 9.71 Å². The van der Waals surface area contributed by atoms with Gasteiger partial charge in [0.15, 0.2) is 0 Å². The number of para-hydroxylation sites is 1. The summed E-state index contributed by atoms with van der Waals surface area (Å²) in [5.41, 5.74) is -0.285. The number of nitrogens with zero attached hydrogens (tertiary/aromatic N) is 3. The topological polar surface area (TPSA) is 124 Å². The Kier molecular flexibility index (Phi) is 5.42. The van der Waals surface area contributed by atoms with Gasteiger partial charge in [0.05, 0.1) is 32.1 Å². The van der Waals surface area contributed by atoms with E-state index in [1.165, 1.54) is 35.8 Å². The van der Waals surface area contributed by atoms with Crippen LogP contribution in [-0.2, 0) is 10.0 Å². The van der Waals surface area contributed by atoms with Crippen LogP contribution in [0.1, 0.15) is 11.4 Å². The molecule has 0 amide bonds. The smallest absolute Gasteiger partial charge is 0.270 e. The third-order valence-electron chi connectivity index (χ3n) is 5.07. The molecule has 4 rings (SSSR count). The number of rotatable bonds is 5. The van der Waals surface area contributed by atoms with Crippen LogP contribution < -0.4 is 10.3 Å². The fourth-order valence-electron chi connectivity index (χ4n) is 3.47. The molecule has 3 aromatic carbocycles. The number of aromatic nitrogens is 2. The van der Waals surface area contributed by atoms with Gasteiger partial charge in [-0.05, 0) is 49.7 Å². The highest BCUT2D eigenvalue weighted by Gasteiger charge is 2.22. The van der Waals surface area contributed by atoms with Crippen LogP contribution in [0.25, 0.3) is 16.6 Å². The maximum atomic E-state index is 14.6. The predicted molar refractivity (Wildman–Crippen MR) is 121 cm³/mol. The molecule has 0 bridgehead atoms. The van der Waals surface area contributed by atoms with Crippen LogP contribution in [0.3, 0.4) is 0 Å². The number of halogens is 1. The van der Waals surface area contributed by atoms with E-state index >= 15 is 0 Å². The van der Waals surface area contributed by atoms with Gasteiger partial charge in [-0.1, -0.05) is 18.2 Å². The van der Waals surface area contributed by atoms with E-state index in [1.54, 1.807) is 31.2 Å². The Morgan fingerprint density at radius 2 is 1.79 bits per heavy atom. The molecule has 1 N–H and O–H groups in total. The number of nitro groups is 1. The molecule has 0 unspecified atom stereocenters. The Morgan fingerprint density at radius 1 is 1.06 bits per heavy atom. The lowest BCUT2D eigenvalue weighted by molar-refractivity contribution is -0.385. The maximum Gasteiger partial charge on any atom is 0.270 e. The number of anilines is 1. The fourth-order valence-corrected chi connectivity index (χ4v) is 4.79. The largest absolute Gasteiger partial charge is 0.277 e. The highest BCUT2D eigenvalue weighted by Crippen LogP contribution is 2.26. The molecule has 0 aliphatic rings. The van der Waals surface area contributed by atoms with Gasteiger partial charge >= 0.3 is 0 Å². The van der Waals surface area contributed by atoms with Gasteiger partial charge in [0.2, 0.25) is 0 Å². The number of hydrogen-bond donors (Lipinski definition) is 1. The van der Waals surface area contributed by atoms with Gasteiger partial charge in [0, 0.05) is 12.1 Å². The average Bonchev–Trinajstić information content (AvgIpc) is 2.75. The predicted octanol–water partition coefficient (Wildman–Crippen LogP) is 3.85. The van der Waals surface area contributed by atoms with Crippen molar-refractivity contribution in [2.45, 2.75) is 18.7 Å². The molecule has 0 radical (unpaired) electrons. The van der Waals surface area contributed by atoms with Gasteiger partial charge in [-0.25, -0.2) is 17.8 Å². The molecular formula is C22H17FN4O5S. The first-order valence-electron chi connectivity index (χ1n) is 9.64. The van der Waals surface area contributed by atoms with E-state index in [1.807, 2.05) is 0 Å². The van der Waals surface area contributed by atoms with Crippen molar-refractivity contribution in [1.82, 2.24) is 9.55 Å². The third-order valence-corrected chi connectivity index (χ3v) is 6.58. The summed E-state index contributed by atoms with van der Waals surface area (Å²) in [6.07, 6.45) is 0. The molecule has 0 aliphatic heterocycles. The maximum absolute atomic E-state index is 14.6. The molecule has 9 nitrogen and oxygen atoms in total. The zero-order valence-corrected chi connectivity index (χ0v) is 18.3.